The molecule has 86 valence electrons. The lowest BCUT2D eigenvalue weighted by atomic mass is 9.83. The molecule has 0 bridgehead atoms. The summed E-state index contributed by atoms with van der Waals surface area (Å²) < 4.78 is 5.20. The Labute approximate surface area is 100 Å². The van der Waals surface area contributed by atoms with Gasteiger partial charge in [0.1, 0.15) is 0 Å². The summed E-state index contributed by atoms with van der Waals surface area (Å²) in [5.41, 5.74) is 2.35. The summed E-state index contributed by atoms with van der Waals surface area (Å²) >= 11 is 0. The molecule has 0 radical (unpaired) electrons. The third kappa shape index (κ3) is 1.52. The van der Waals surface area contributed by atoms with E-state index in [0.29, 0.717) is 0 Å². The topological polar surface area (TPSA) is 26.0 Å². The second-order valence-electron chi connectivity index (χ2n) is 5.45. The van der Waals surface area contributed by atoms with Gasteiger partial charge in [-0.05, 0) is 27.8 Å². The van der Waals surface area contributed by atoms with Crippen molar-refractivity contribution in [2.75, 3.05) is 0 Å². The molecule has 1 heterocycles. The predicted octanol–water partition coefficient (Wildman–Crippen LogP) is 4.28. The Hall–Kier alpha value is -1.83. The number of nitrogens with zero attached hydrogens (tertiary/aromatic N) is 1. The highest BCUT2D eigenvalue weighted by molar-refractivity contribution is 6.06. The van der Waals surface area contributed by atoms with E-state index in [1.165, 1.54) is 16.3 Å². The van der Waals surface area contributed by atoms with Crippen molar-refractivity contribution in [2.24, 2.45) is 0 Å². The normalized spacial score (nSPS) is 12.4. The summed E-state index contributed by atoms with van der Waals surface area (Å²) in [4.78, 5) is 0. The quantitative estimate of drug-likeness (QED) is 0.570. The van der Waals surface area contributed by atoms with Gasteiger partial charge in [-0.15, -0.1) is 0 Å². The van der Waals surface area contributed by atoms with Crippen LogP contribution in [-0.2, 0) is 5.41 Å². The van der Waals surface area contributed by atoms with Crippen LogP contribution in [0.2, 0.25) is 0 Å². The summed E-state index contributed by atoms with van der Waals surface area (Å²) in [6, 6.07) is 10.6. The molecule has 0 N–H and O–H groups in total. The van der Waals surface area contributed by atoms with Crippen molar-refractivity contribution in [1.29, 1.82) is 0 Å². The first-order chi connectivity index (χ1) is 8.07. The van der Waals surface area contributed by atoms with E-state index in [0.717, 1.165) is 11.0 Å². The molecule has 0 unspecified atom stereocenters. The second-order valence-corrected chi connectivity index (χ2v) is 5.45. The van der Waals surface area contributed by atoms with Gasteiger partial charge in [0, 0.05) is 5.39 Å². The second kappa shape index (κ2) is 3.33. The van der Waals surface area contributed by atoms with E-state index in [9.17, 15) is 0 Å². The lowest BCUT2D eigenvalue weighted by Gasteiger charge is -2.21. The average Bonchev–Trinajstić information content (AvgIpc) is 2.75. The van der Waals surface area contributed by atoms with Crippen molar-refractivity contribution in [1.82, 2.24) is 5.16 Å². The third-order valence-electron chi connectivity index (χ3n) is 3.20. The van der Waals surface area contributed by atoms with Crippen LogP contribution in [-0.4, -0.2) is 5.16 Å². The molecule has 0 spiro atoms. The molecule has 3 aromatic rings. The van der Waals surface area contributed by atoms with Crippen LogP contribution in [0.5, 0.6) is 0 Å². The van der Waals surface area contributed by atoms with Gasteiger partial charge in [-0.3, -0.25) is 0 Å². The summed E-state index contributed by atoms with van der Waals surface area (Å²) in [5, 5.41) is 7.47. The van der Waals surface area contributed by atoms with E-state index in [2.05, 4.69) is 50.2 Å². The molecular weight excluding hydrogens is 210 g/mol. The maximum atomic E-state index is 5.20. The largest absolute Gasteiger partial charge is 0.356 e. The first kappa shape index (κ1) is 10.3. The first-order valence-electron chi connectivity index (χ1n) is 5.84. The number of benzene rings is 2. The monoisotopic (exact) mass is 225 g/mol. The van der Waals surface area contributed by atoms with Gasteiger partial charge in [-0.25, -0.2) is 0 Å². The summed E-state index contributed by atoms with van der Waals surface area (Å²) in [6.07, 6.45) is 1.80. The van der Waals surface area contributed by atoms with E-state index in [4.69, 9.17) is 4.52 Å². The zero-order valence-electron chi connectivity index (χ0n) is 10.3. The molecule has 0 atom stereocenters. The van der Waals surface area contributed by atoms with Crippen LogP contribution in [0, 0.1) is 0 Å². The SMILES string of the molecule is CC(C)(C)c1cccc2c1ccc1oncc12. The van der Waals surface area contributed by atoms with Crippen molar-refractivity contribution >= 4 is 21.7 Å². The van der Waals surface area contributed by atoms with Crippen LogP contribution < -0.4 is 0 Å². The zero-order valence-corrected chi connectivity index (χ0v) is 10.3. The van der Waals surface area contributed by atoms with Crippen molar-refractivity contribution < 1.29 is 4.52 Å². The average molecular weight is 225 g/mol. The maximum Gasteiger partial charge on any atom is 0.167 e. The Morgan fingerprint density at radius 2 is 1.76 bits per heavy atom. The van der Waals surface area contributed by atoms with Crippen LogP contribution in [0.1, 0.15) is 26.3 Å². The van der Waals surface area contributed by atoms with Gasteiger partial charge >= 0.3 is 0 Å². The lowest BCUT2D eigenvalue weighted by Crippen LogP contribution is -2.11. The molecule has 0 aliphatic heterocycles. The smallest absolute Gasteiger partial charge is 0.167 e. The van der Waals surface area contributed by atoms with Crippen LogP contribution in [0.3, 0.4) is 0 Å². The van der Waals surface area contributed by atoms with Gasteiger partial charge in [-0.1, -0.05) is 50.2 Å². The van der Waals surface area contributed by atoms with Crippen molar-refractivity contribution in [3.63, 3.8) is 0 Å². The van der Waals surface area contributed by atoms with Gasteiger partial charge in [0.2, 0.25) is 0 Å². The lowest BCUT2D eigenvalue weighted by molar-refractivity contribution is 0.456. The minimum atomic E-state index is 0.143. The minimum Gasteiger partial charge on any atom is -0.356 e. The molecule has 0 amide bonds. The number of hydrogen-bond acceptors (Lipinski definition) is 2. The standard InChI is InChI=1S/C15H15NO/c1-15(2,3)13-6-4-5-10-11(13)7-8-14-12(10)9-16-17-14/h4-9H,1-3H3. The van der Waals surface area contributed by atoms with Crippen LogP contribution in [0.4, 0.5) is 0 Å². The van der Waals surface area contributed by atoms with Crippen molar-refractivity contribution in [3.05, 3.63) is 42.1 Å². The molecule has 0 aliphatic rings. The third-order valence-corrected chi connectivity index (χ3v) is 3.20. The molecule has 0 aliphatic carbocycles. The molecule has 0 saturated heterocycles. The van der Waals surface area contributed by atoms with Crippen molar-refractivity contribution in [3.8, 4) is 0 Å². The number of aromatic nitrogens is 1. The van der Waals surface area contributed by atoms with E-state index >= 15 is 0 Å². The zero-order chi connectivity index (χ0) is 12.0. The van der Waals surface area contributed by atoms with E-state index in [1.54, 1.807) is 6.20 Å². The molecule has 2 nitrogen and oxygen atoms in total. The molecule has 2 heteroatoms. The van der Waals surface area contributed by atoms with Gasteiger partial charge in [-0.2, -0.15) is 0 Å². The molecule has 0 fully saturated rings. The Morgan fingerprint density at radius 3 is 2.53 bits per heavy atom. The first-order valence-corrected chi connectivity index (χ1v) is 5.84. The fourth-order valence-corrected chi connectivity index (χ4v) is 2.36. The Bertz CT molecular complexity index is 689. The molecule has 2 aromatic carbocycles. The molecule has 17 heavy (non-hydrogen) atoms. The Balaban J connectivity index is 2.48. The van der Waals surface area contributed by atoms with Crippen LogP contribution >= 0.6 is 0 Å². The Kier molecular flexibility index (Phi) is 2.02. The van der Waals surface area contributed by atoms with Gasteiger partial charge < -0.3 is 4.52 Å². The van der Waals surface area contributed by atoms with Gasteiger partial charge in [0.05, 0.1) is 6.20 Å². The minimum absolute atomic E-state index is 0.143. The highest BCUT2D eigenvalue weighted by atomic mass is 16.5. The van der Waals surface area contributed by atoms with E-state index < -0.39 is 0 Å². The number of hydrogen-bond donors (Lipinski definition) is 0. The van der Waals surface area contributed by atoms with E-state index in [1.807, 2.05) is 6.07 Å². The molecule has 1 aromatic heterocycles. The highest BCUT2D eigenvalue weighted by Crippen LogP contribution is 2.33. The summed E-state index contributed by atoms with van der Waals surface area (Å²) in [6.45, 7) is 6.71. The van der Waals surface area contributed by atoms with Gasteiger partial charge in [0.15, 0.2) is 5.58 Å². The Morgan fingerprint density at radius 1 is 0.941 bits per heavy atom. The number of fused-ring (bicyclic) bond motifs is 3. The predicted molar refractivity (Wildman–Crippen MR) is 70.2 cm³/mol. The van der Waals surface area contributed by atoms with Gasteiger partial charge in [0.25, 0.3) is 0 Å². The maximum absolute atomic E-state index is 5.20. The summed E-state index contributed by atoms with van der Waals surface area (Å²) in [5.74, 6) is 0. The number of rotatable bonds is 0. The van der Waals surface area contributed by atoms with Crippen molar-refractivity contribution in [2.45, 2.75) is 26.2 Å². The molecule has 3 rings (SSSR count). The van der Waals surface area contributed by atoms with Crippen LogP contribution in [0.15, 0.2) is 41.1 Å². The van der Waals surface area contributed by atoms with Crippen LogP contribution in [0.25, 0.3) is 21.7 Å². The van der Waals surface area contributed by atoms with E-state index in [-0.39, 0.29) is 5.41 Å². The fraction of sp³-hybridized carbons (Fsp3) is 0.267. The molecular formula is C15H15NO. The summed E-state index contributed by atoms with van der Waals surface area (Å²) in [7, 11) is 0. The molecule has 0 saturated carbocycles. The fourth-order valence-electron chi connectivity index (χ4n) is 2.36. The highest BCUT2D eigenvalue weighted by Gasteiger charge is 2.17.